The Morgan fingerprint density at radius 3 is 2.93 bits per heavy atom. The number of nitrogens with zero attached hydrogens (tertiary/aromatic N) is 1. The second kappa shape index (κ2) is 3.67. The first-order valence-electron chi connectivity index (χ1n) is 3.84. The molecule has 0 amide bonds. The van der Waals surface area contributed by atoms with Crippen molar-refractivity contribution in [3.8, 4) is 6.07 Å². The number of rotatable bonds is 1. The highest BCUT2D eigenvalue weighted by Crippen LogP contribution is 2.33. The standard InChI is InChI=1S/C10H4INOS/c11-10-8(4-12)7-3-1-2-6(5-13)9(7)14-10/h1-3,5H. The number of thiophene rings is 1. The van der Waals surface area contributed by atoms with Crippen LogP contribution in [-0.4, -0.2) is 6.29 Å². The van der Waals surface area contributed by atoms with Gasteiger partial charge >= 0.3 is 0 Å². The average molecular weight is 313 g/mol. The third-order valence-electron chi connectivity index (χ3n) is 1.94. The second-order valence-corrected chi connectivity index (χ2v) is 5.54. The Bertz CT molecular complexity index is 553. The summed E-state index contributed by atoms with van der Waals surface area (Å²) in [6.07, 6.45) is 0.829. The van der Waals surface area contributed by atoms with Crippen LogP contribution in [0.4, 0.5) is 0 Å². The Labute approximate surface area is 98.3 Å². The maximum atomic E-state index is 10.8. The molecule has 0 bridgehead atoms. The Morgan fingerprint density at radius 1 is 1.50 bits per heavy atom. The summed E-state index contributed by atoms with van der Waals surface area (Å²) in [4.78, 5) is 10.8. The maximum absolute atomic E-state index is 10.8. The zero-order chi connectivity index (χ0) is 10.1. The molecule has 0 N–H and O–H groups in total. The molecule has 0 saturated heterocycles. The van der Waals surface area contributed by atoms with Crippen molar-refractivity contribution in [3.05, 3.63) is 32.2 Å². The van der Waals surface area contributed by atoms with Gasteiger partial charge in [-0.05, 0) is 22.6 Å². The van der Waals surface area contributed by atoms with Gasteiger partial charge in [0.15, 0.2) is 6.29 Å². The molecular weight excluding hydrogens is 309 g/mol. The lowest BCUT2D eigenvalue weighted by atomic mass is 10.1. The molecule has 0 radical (unpaired) electrons. The molecule has 0 aliphatic rings. The van der Waals surface area contributed by atoms with Crippen molar-refractivity contribution >= 4 is 50.3 Å². The van der Waals surface area contributed by atoms with E-state index in [1.807, 2.05) is 6.07 Å². The van der Waals surface area contributed by atoms with Gasteiger partial charge in [0, 0.05) is 15.6 Å². The predicted molar refractivity (Wildman–Crippen MR) is 64.6 cm³/mol. The monoisotopic (exact) mass is 313 g/mol. The molecule has 0 aliphatic carbocycles. The van der Waals surface area contributed by atoms with Gasteiger partial charge in [-0.1, -0.05) is 18.2 Å². The third kappa shape index (κ3) is 1.33. The van der Waals surface area contributed by atoms with Gasteiger partial charge < -0.3 is 0 Å². The van der Waals surface area contributed by atoms with Crippen LogP contribution in [0, 0.1) is 14.2 Å². The molecule has 0 saturated carbocycles. The number of halogens is 1. The number of hydrogen-bond donors (Lipinski definition) is 0. The molecule has 1 aromatic heterocycles. The molecular formula is C10H4INOS. The third-order valence-corrected chi connectivity index (χ3v) is 4.18. The summed E-state index contributed by atoms with van der Waals surface area (Å²) in [5, 5.41) is 9.81. The summed E-state index contributed by atoms with van der Waals surface area (Å²) < 4.78 is 1.85. The van der Waals surface area contributed by atoms with Gasteiger partial charge in [-0.15, -0.1) is 11.3 Å². The van der Waals surface area contributed by atoms with Gasteiger partial charge in [-0.2, -0.15) is 5.26 Å². The number of nitriles is 1. The lowest BCUT2D eigenvalue weighted by Gasteiger charge is -1.92. The van der Waals surface area contributed by atoms with Crippen molar-refractivity contribution < 1.29 is 4.79 Å². The Morgan fingerprint density at radius 2 is 2.29 bits per heavy atom. The van der Waals surface area contributed by atoms with E-state index in [1.54, 1.807) is 12.1 Å². The zero-order valence-corrected chi connectivity index (χ0v) is 9.93. The van der Waals surface area contributed by atoms with Gasteiger partial charge in [0.1, 0.15) is 6.07 Å². The first-order valence-corrected chi connectivity index (χ1v) is 5.73. The van der Waals surface area contributed by atoms with Crippen molar-refractivity contribution in [1.82, 2.24) is 0 Å². The summed E-state index contributed by atoms with van der Waals surface area (Å²) in [6.45, 7) is 0. The number of benzene rings is 1. The SMILES string of the molecule is N#Cc1c(I)sc2c(C=O)cccc12. The number of carbonyl (C=O) groups excluding carboxylic acids is 1. The molecule has 2 rings (SSSR count). The van der Waals surface area contributed by atoms with Gasteiger partial charge in [0.25, 0.3) is 0 Å². The van der Waals surface area contributed by atoms with Crippen LogP contribution in [0.25, 0.3) is 10.1 Å². The van der Waals surface area contributed by atoms with Crippen molar-refractivity contribution in [2.24, 2.45) is 0 Å². The first-order chi connectivity index (χ1) is 6.77. The predicted octanol–water partition coefficient (Wildman–Crippen LogP) is 3.19. The topological polar surface area (TPSA) is 40.9 Å². The van der Waals surface area contributed by atoms with Gasteiger partial charge in [0.05, 0.1) is 8.45 Å². The lowest BCUT2D eigenvalue weighted by Crippen LogP contribution is -1.78. The fraction of sp³-hybridized carbons (Fsp3) is 0. The quantitative estimate of drug-likeness (QED) is 0.599. The minimum absolute atomic E-state index is 0.659. The van der Waals surface area contributed by atoms with E-state index in [4.69, 9.17) is 5.26 Å². The van der Waals surface area contributed by atoms with E-state index in [9.17, 15) is 4.79 Å². The van der Waals surface area contributed by atoms with Crippen molar-refractivity contribution in [1.29, 1.82) is 5.26 Å². The highest BCUT2D eigenvalue weighted by molar-refractivity contribution is 14.1. The number of carbonyl (C=O) groups is 1. The summed E-state index contributed by atoms with van der Waals surface area (Å²) in [7, 11) is 0. The van der Waals surface area contributed by atoms with E-state index >= 15 is 0 Å². The minimum Gasteiger partial charge on any atom is -0.298 e. The summed E-state index contributed by atoms with van der Waals surface area (Å²) in [5.74, 6) is 0. The summed E-state index contributed by atoms with van der Waals surface area (Å²) in [6, 6.07) is 7.60. The van der Waals surface area contributed by atoms with Crippen molar-refractivity contribution in [3.63, 3.8) is 0 Å². The van der Waals surface area contributed by atoms with E-state index in [0.717, 1.165) is 19.3 Å². The van der Waals surface area contributed by atoms with Crippen LogP contribution < -0.4 is 0 Å². The molecule has 0 fully saturated rings. The van der Waals surface area contributed by atoms with Crippen LogP contribution in [0.15, 0.2) is 18.2 Å². The minimum atomic E-state index is 0.659. The van der Waals surface area contributed by atoms with Crippen LogP contribution in [0.2, 0.25) is 0 Å². The molecule has 14 heavy (non-hydrogen) atoms. The number of aldehydes is 1. The molecule has 0 atom stereocenters. The van der Waals surface area contributed by atoms with E-state index in [1.165, 1.54) is 11.3 Å². The highest BCUT2D eigenvalue weighted by Gasteiger charge is 2.11. The largest absolute Gasteiger partial charge is 0.298 e. The van der Waals surface area contributed by atoms with Gasteiger partial charge in [0.2, 0.25) is 0 Å². The second-order valence-electron chi connectivity index (χ2n) is 2.70. The zero-order valence-electron chi connectivity index (χ0n) is 6.95. The molecule has 68 valence electrons. The van der Waals surface area contributed by atoms with Crippen molar-refractivity contribution in [2.75, 3.05) is 0 Å². The molecule has 1 aromatic carbocycles. The molecule has 2 aromatic rings. The van der Waals surface area contributed by atoms with E-state index < -0.39 is 0 Å². The van der Waals surface area contributed by atoms with E-state index in [0.29, 0.717) is 11.1 Å². The van der Waals surface area contributed by atoms with Crippen molar-refractivity contribution in [2.45, 2.75) is 0 Å². The van der Waals surface area contributed by atoms with Crippen LogP contribution in [0.1, 0.15) is 15.9 Å². The fourth-order valence-electron chi connectivity index (χ4n) is 1.31. The van der Waals surface area contributed by atoms with E-state index in [-0.39, 0.29) is 0 Å². The molecule has 0 aliphatic heterocycles. The fourth-order valence-corrected chi connectivity index (χ4v) is 3.33. The number of fused-ring (bicyclic) bond motifs is 1. The first kappa shape index (κ1) is 9.62. The van der Waals surface area contributed by atoms with Crippen LogP contribution >= 0.6 is 33.9 Å². The van der Waals surface area contributed by atoms with E-state index in [2.05, 4.69) is 28.7 Å². The summed E-state index contributed by atoms with van der Waals surface area (Å²) in [5.41, 5.74) is 1.33. The lowest BCUT2D eigenvalue weighted by molar-refractivity contribution is 0.112. The van der Waals surface area contributed by atoms with Gasteiger partial charge in [-0.25, -0.2) is 0 Å². The maximum Gasteiger partial charge on any atom is 0.151 e. The van der Waals surface area contributed by atoms with Crippen LogP contribution in [-0.2, 0) is 0 Å². The molecule has 1 heterocycles. The normalized spacial score (nSPS) is 10.0. The molecule has 4 heteroatoms. The average Bonchev–Trinajstić information content (AvgIpc) is 2.52. The Balaban J connectivity index is 2.94. The van der Waals surface area contributed by atoms with Crippen LogP contribution in [0.3, 0.4) is 0 Å². The van der Waals surface area contributed by atoms with Gasteiger partial charge in [-0.3, -0.25) is 4.79 Å². The molecule has 2 nitrogen and oxygen atoms in total. The van der Waals surface area contributed by atoms with Crippen LogP contribution in [0.5, 0.6) is 0 Å². The summed E-state index contributed by atoms with van der Waals surface area (Å²) >= 11 is 3.61. The molecule has 0 spiro atoms. The molecule has 0 unspecified atom stereocenters. The smallest absolute Gasteiger partial charge is 0.151 e. The Kier molecular flexibility index (Phi) is 2.52. The highest BCUT2D eigenvalue weighted by atomic mass is 127. The number of hydrogen-bond acceptors (Lipinski definition) is 3. The Hall–Kier alpha value is -0.930.